The molecule has 1 aliphatic heterocycles. The Labute approximate surface area is 100.0 Å². The van der Waals surface area contributed by atoms with Crippen LogP contribution in [0.3, 0.4) is 0 Å². The molecule has 0 saturated heterocycles. The summed E-state index contributed by atoms with van der Waals surface area (Å²) in [5.74, 6) is 0.746. The highest BCUT2D eigenvalue weighted by Gasteiger charge is 2.45. The number of halogens is 1. The number of rotatable bonds is 1. The van der Waals surface area contributed by atoms with Crippen molar-refractivity contribution in [3.63, 3.8) is 0 Å². The van der Waals surface area contributed by atoms with Crippen LogP contribution in [-0.4, -0.2) is 20.1 Å². The molecule has 0 aromatic heterocycles. The van der Waals surface area contributed by atoms with Crippen molar-refractivity contribution < 1.29 is 9.53 Å². The second kappa shape index (κ2) is 3.39. The number of methoxy groups -OCH3 is 1. The molecular weight excluding hydrogens is 226 g/mol. The third-order valence-corrected chi connectivity index (χ3v) is 3.42. The Kier molecular flexibility index (Phi) is 2.39. The second-order valence-electron chi connectivity index (χ2n) is 4.46. The molecule has 0 aliphatic carbocycles. The molecule has 0 unspecified atom stereocenters. The van der Waals surface area contributed by atoms with Crippen LogP contribution in [0, 0.1) is 0 Å². The molecule has 0 fully saturated rings. The Morgan fingerprint density at radius 2 is 2.00 bits per heavy atom. The topological polar surface area (TPSA) is 29.5 Å². The fourth-order valence-corrected chi connectivity index (χ4v) is 2.56. The van der Waals surface area contributed by atoms with Crippen molar-refractivity contribution >= 4 is 23.2 Å². The highest BCUT2D eigenvalue weighted by Crippen LogP contribution is 2.49. The molecule has 1 amide bonds. The normalized spacial score (nSPS) is 17.6. The van der Waals surface area contributed by atoms with Crippen LogP contribution in [0.15, 0.2) is 12.1 Å². The van der Waals surface area contributed by atoms with Crippen LogP contribution >= 0.6 is 11.6 Å². The third kappa shape index (κ3) is 1.24. The maximum Gasteiger partial charge on any atom is 0.237 e. The molecule has 1 heterocycles. The van der Waals surface area contributed by atoms with E-state index in [9.17, 15) is 4.79 Å². The molecule has 2 rings (SSSR count). The number of anilines is 1. The van der Waals surface area contributed by atoms with E-state index in [1.807, 2.05) is 13.8 Å². The van der Waals surface area contributed by atoms with Crippen LogP contribution in [-0.2, 0) is 10.2 Å². The molecule has 4 heteroatoms. The van der Waals surface area contributed by atoms with Crippen LogP contribution in [0.1, 0.15) is 19.4 Å². The largest absolute Gasteiger partial charge is 0.496 e. The van der Waals surface area contributed by atoms with Gasteiger partial charge in [-0.2, -0.15) is 0 Å². The highest BCUT2D eigenvalue weighted by atomic mass is 35.5. The lowest BCUT2D eigenvalue weighted by atomic mass is 9.85. The van der Waals surface area contributed by atoms with Gasteiger partial charge in [-0.15, -0.1) is 0 Å². The molecule has 1 aromatic rings. The minimum atomic E-state index is -0.583. The lowest BCUT2D eigenvalue weighted by Crippen LogP contribution is -2.33. The van der Waals surface area contributed by atoms with Crippen molar-refractivity contribution in [2.45, 2.75) is 19.3 Å². The van der Waals surface area contributed by atoms with E-state index in [-0.39, 0.29) is 5.91 Å². The Hall–Kier alpha value is -1.22. The van der Waals surface area contributed by atoms with Gasteiger partial charge in [0.25, 0.3) is 0 Å². The monoisotopic (exact) mass is 239 g/mol. The van der Waals surface area contributed by atoms with E-state index in [2.05, 4.69) is 0 Å². The van der Waals surface area contributed by atoms with E-state index in [0.29, 0.717) is 10.8 Å². The molecule has 86 valence electrons. The Bertz CT molecular complexity index is 468. The first kappa shape index (κ1) is 11.3. The van der Waals surface area contributed by atoms with Crippen molar-refractivity contribution in [3.05, 3.63) is 22.7 Å². The van der Waals surface area contributed by atoms with Crippen LogP contribution in [0.2, 0.25) is 5.02 Å². The number of nitrogens with zero attached hydrogens (tertiary/aromatic N) is 1. The molecule has 16 heavy (non-hydrogen) atoms. The van der Waals surface area contributed by atoms with Gasteiger partial charge in [0.15, 0.2) is 0 Å². The Balaban J connectivity index is 2.80. The number of amides is 1. The second-order valence-corrected chi connectivity index (χ2v) is 4.87. The van der Waals surface area contributed by atoms with Gasteiger partial charge in [-0.1, -0.05) is 11.6 Å². The average molecular weight is 240 g/mol. The van der Waals surface area contributed by atoms with Gasteiger partial charge in [0.1, 0.15) is 5.75 Å². The van der Waals surface area contributed by atoms with Crippen molar-refractivity contribution in [1.29, 1.82) is 0 Å². The molecule has 0 atom stereocenters. The SMILES string of the molecule is COc1ccc(Cl)c2c1C(C)(C)C(=O)N2C. The number of hydrogen-bond donors (Lipinski definition) is 0. The summed E-state index contributed by atoms with van der Waals surface area (Å²) in [5.41, 5.74) is 1.05. The molecule has 0 bridgehead atoms. The van der Waals surface area contributed by atoms with Gasteiger partial charge in [0, 0.05) is 12.6 Å². The molecular formula is C12H14ClNO2. The molecule has 0 spiro atoms. The minimum Gasteiger partial charge on any atom is -0.496 e. The van der Waals surface area contributed by atoms with E-state index >= 15 is 0 Å². The number of fused-ring (bicyclic) bond motifs is 1. The van der Waals surface area contributed by atoms with E-state index in [4.69, 9.17) is 16.3 Å². The van der Waals surface area contributed by atoms with Gasteiger partial charge in [0.2, 0.25) is 5.91 Å². The standard InChI is InChI=1S/C12H14ClNO2/c1-12(2)9-8(16-4)6-5-7(13)10(9)14(3)11(12)15/h5-6H,1-4H3. The first-order chi connectivity index (χ1) is 7.41. The van der Waals surface area contributed by atoms with E-state index in [1.54, 1.807) is 31.2 Å². The van der Waals surface area contributed by atoms with Gasteiger partial charge in [-0.3, -0.25) is 4.79 Å². The van der Waals surface area contributed by atoms with Gasteiger partial charge < -0.3 is 9.64 Å². The van der Waals surface area contributed by atoms with E-state index in [0.717, 1.165) is 11.3 Å². The predicted molar refractivity (Wildman–Crippen MR) is 64.4 cm³/mol. The van der Waals surface area contributed by atoms with Crippen LogP contribution in [0.5, 0.6) is 5.75 Å². The predicted octanol–water partition coefficient (Wildman–Crippen LogP) is 2.60. The quantitative estimate of drug-likeness (QED) is 0.754. The molecule has 0 saturated carbocycles. The molecule has 1 aliphatic rings. The average Bonchev–Trinajstić information content (AvgIpc) is 2.42. The molecule has 0 N–H and O–H groups in total. The fourth-order valence-electron chi connectivity index (χ4n) is 2.28. The summed E-state index contributed by atoms with van der Waals surface area (Å²) in [6.45, 7) is 3.77. The van der Waals surface area contributed by atoms with Gasteiger partial charge in [-0.25, -0.2) is 0 Å². The summed E-state index contributed by atoms with van der Waals surface area (Å²) in [4.78, 5) is 13.7. The first-order valence-corrected chi connectivity index (χ1v) is 5.44. The molecule has 1 aromatic carbocycles. The summed E-state index contributed by atoms with van der Waals surface area (Å²) in [5, 5.41) is 0.581. The fraction of sp³-hybridized carbons (Fsp3) is 0.417. The lowest BCUT2D eigenvalue weighted by molar-refractivity contribution is -0.121. The van der Waals surface area contributed by atoms with E-state index in [1.165, 1.54) is 0 Å². The number of benzene rings is 1. The molecule has 3 nitrogen and oxygen atoms in total. The first-order valence-electron chi connectivity index (χ1n) is 5.06. The van der Waals surface area contributed by atoms with Crippen LogP contribution < -0.4 is 9.64 Å². The van der Waals surface area contributed by atoms with Crippen LogP contribution in [0.4, 0.5) is 5.69 Å². The summed E-state index contributed by atoms with van der Waals surface area (Å²) in [6, 6.07) is 3.56. The summed E-state index contributed by atoms with van der Waals surface area (Å²) < 4.78 is 5.31. The number of hydrogen-bond acceptors (Lipinski definition) is 2. The van der Waals surface area contributed by atoms with Crippen molar-refractivity contribution in [1.82, 2.24) is 0 Å². The number of likely N-dealkylation sites (N-methyl/N-ethyl adjacent to an activating group) is 1. The lowest BCUT2D eigenvalue weighted by Gasteiger charge is -2.18. The summed E-state index contributed by atoms with van der Waals surface area (Å²) >= 11 is 6.14. The van der Waals surface area contributed by atoms with Crippen molar-refractivity contribution in [2.24, 2.45) is 0 Å². The highest BCUT2D eigenvalue weighted by molar-refractivity contribution is 6.35. The van der Waals surface area contributed by atoms with Gasteiger partial charge >= 0.3 is 0 Å². The maximum atomic E-state index is 12.1. The van der Waals surface area contributed by atoms with E-state index < -0.39 is 5.41 Å². The maximum absolute atomic E-state index is 12.1. The number of carbonyl (C=O) groups excluding carboxylic acids is 1. The summed E-state index contributed by atoms with van der Waals surface area (Å²) in [7, 11) is 3.34. The Morgan fingerprint density at radius 1 is 1.38 bits per heavy atom. The third-order valence-electron chi connectivity index (χ3n) is 3.11. The van der Waals surface area contributed by atoms with Crippen LogP contribution in [0.25, 0.3) is 0 Å². The van der Waals surface area contributed by atoms with Gasteiger partial charge in [-0.05, 0) is 26.0 Å². The van der Waals surface area contributed by atoms with Gasteiger partial charge in [0.05, 0.1) is 23.2 Å². The van der Waals surface area contributed by atoms with Crippen molar-refractivity contribution in [3.8, 4) is 5.75 Å². The number of carbonyl (C=O) groups is 1. The van der Waals surface area contributed by atoms with Crippen molar-refractivity contribution in [2.75, 3.05) is 19.1 Å². The minimum absolute atomic E-state index is 0.0360. The zero-order valence-corrected chi connectivity index (χ0v) is 10.6. The zero-order valence-electron chi connectivity index (χ0n) is 9.80. The summed E-state index contributed by atoms with van der Waals surface area (Å²) in [6.07, 6.45) is 0. The zero-order chi connectivity index (χ0) is 12.1. The smallest absolute Gasteiger partial charge is 0.237 e. The number of ether oxygens (including phenoxy) is 1. The Morgan fingerprint density at radius 3 is 2.56 bits per heavy atom. The molecule has 0 radical (unpaired) electrons.